The lowest BCUT2D eigenvalue weighted by atomic mass is 10.1. The molecule has 0 saturated heterocycles. The molecule has 1 unspecified atom stereocenters. The van der Waals surface area contributed by atoms with E-state index < -0.39 is 12.2 Å². The van der Waals surface area contributed by atoms with Crippen molar-refractivity contribution in [3.05, 3.63) is 94.8 Å². The van der Waals surface area contributed by atoms with E-state index in [1.807, 2.05) is 37.3 Å². The molecule has 2 heterocycles. The van der Waals surface area contributed by atoms with Gasteiger partial charge in [-0.2, -0.15) is 5.10 Å². The van der Waals surface area contributed by atoms with Crippen LogP contribution in [-0.4, -0.2) is 20.9 Å². The zero-order chi connectivity index (χ0) is 23.7. The minimum absolute atomic E-state index is 0.502. The molecular weight excluding hydrogens is 448 g/mol. The predicted molar refractivity (Wildman–Crippen MR) is 133 cm³/mol. The summed E-state index contributed by atoms with van der Waals surface area (Å²) in [4.78, 5) is 17.3. The first kappa shape index (κ1) is 22.2. The second-order valence-corrected chi connectivity index (χ2v) is 8.99. The third-order valence-corrected chi connectivity index (χ3v) is 6.39. The van der Waals surface area contributed by atoms with Crippen LogP contribution in [0.4, 0.5) is 10.6 Å². The molecule has 34 heavy (non-hydrogen) atoms. The maximum absolute atomic E-state index is 12.6. The first-order chi connectivity index (χ1) is 16.5. The number of benzene rings is 2. The van der Waals surface area contributed by atoms with Crippen LogP contribution in [0.1, 0.15) is 48.5 Å². The van der Waals surface area contributed by atoms with Crippen LogP contribution in [0.15, 0.2) is 73.1 Å². The van der Waals surface area contributed by atoms with E-state index >= 15 is 0 Å². The van der Waals surface area contributed by atoms with E-state index in [2.05, 4.69) is 39.7 Å². The normalized spacial score (nSPS) is 14.0. The standard InChI is InChI=1S/C27H25ClN4O2/c1-17-15-30-32(26(17)31-27(33)34-18(2)23-5-3-4-6-24(23)28)22-13-14-25(29-16-22)21-11-9-20(10-12-21)19-7-8-19/h3-6,9-16,18-19H,7-8H2,1-2H3,(H,31,33). The van der Waals surface area contributed by atoms with Crippen molar-refractivity contribution in [2.45, 2.75) is 38.7 Å². The number of amides is 1. The number of carbonyl (C=O) groups is 1. The number of nitrogens with zero attached hydrogens (tertiary/aromatic N) is 3. The quantitative estimate of drug-likeness (QED) is 0.325. The fraction of sp³-hybridized carbons (Fsp3) is 0.222. The van der Waals surface area contributed by atoms with Crippen molar-refractivity contribution < 1.29 is 9.53 Å². The van der Waals surface area contributed by atoms with Crippen molar-refractivity contribution in [1.82, 2.24) is 14.8 Å². The summed E-state index contributed by atoms with van der Waals surface area (Å²) in [7, 11) is 0. The topological polar surface area (TPSA) is 69.0 Å². The smallest absolute Gasteiger partial charge is 0.413 e. The summed E-state index contributed by atoms with van der Waals surface area (Å²) in [5.74, 6) is 1.26. The first-order valence-electron chi connectivity index (χ1n) is 11.3. The van der Waals surface area contributed by atoms with E-state index in [0.29, 0.717) is 10.8 Å². The van der Waals surface area contributed by atoms with Crippen LogP contribution >= 0.6 is 11.6 Å². The van der Waals surface area contributed by atoms with E-state index in [-0.39, 0.29) is 0 Å². The number of hydrogen-bond donors (Lipinski definition) is 1. The van der Waals surface area contributed by atoms with Crippen molar-refractivity contribution in [1.29, 1.82) is 0 Å². The van der Waals surface area contributed by atoms with Crippen molar-refractivity contribution in [3.63, 3.8) is 0 Å². The van der Waals surface area contributed by atoms with E-state index in [1.54, 1.807) is 30.1 Å². The van der Waals surface area contributed by atoms with Crippen LogP contribution in [-0.2, 0) is 4.74 Å². The SMILES string of the molecule is Cc1cnn(-c2ccc(-c3ccc(C4CC4)cc3)nc2)c1NC(=O)OC(C)c1ccccc1Cl. The number of rotatable bonds is 6. The molecular formula is C27H25ClN4O2. The third-order valence-electron chi connectivity index (χ3n) is 6.05. The summed E-state index contributed by atoms with van der Waals surface area (Å²) >= 11 is 6.22. The number of pyridine rings is 1. The van der Waals surface area contributed by atoms with Gasteiger partial charge < -0.3 is 4.74 Å². The maximum Gasteiger partial charge on any atom is 0.413 e. The molecule has 1 saturated carbocycles. The molecule has 1 amide bonds. The molecule has 2 aromatic carbocycles. The third kappa shape index (κ3) is 4.68. The number of nitrogens with one attached hydrogen (secondary N) is 1. The summed E-state index contributed by atoms with van der Waals surface area (Å²) in [5, 5.41) is 7.78. The van der Waals surface area contributed by atoms with Crippen molar-refractivity contribution in [2.24, 2.45) is 0 Å². The molecule has 1 aliphatic carbocycles. The average molecular weight is 473 g/mol. The lowest BCUT2D eigenvalue weighted by Gasteiger charge is -2.16. The molecule has 0 radical (unpaired) electrons. The van der Waals surface area contributed by atoms with E-state index in [4.69, 9.17) is 16.3 Å². The molecule has 4 aromatic rings. The van der Waals surface area contributed by atoms with Gasteiger partial charge in [0, 0.05) is 21.7 Å². The fourth-order valence-electron chi connectivity index (χ4n) is 3.96. The lowest BCUT2D eigenvalue weighted by molar-refractivity contribution is 0.121. The predicted octanol–water partition coefficient (Wildman–Crippen LogP) is 7.08. The minimum atomic E-state index is -0.586. The van der Waals surface area contributed by atoms with Gasteiger partial charge in [0.15, 0.2) is 0 Å². The Labute approximate surface area is 203 Å². The highest BCUT2D eigenvalue weighted by molar-refractivity contribution is 6.31. The van der Waals surface area contributed by atoms with Gasteiger partial charge >= 0.3 is 6.09 Å². The van der Waals surface area contributed by atoms with Gasteiger partial charge in [-0.05, 0) is 56.4 Å². The van der Waals surface area contributed by atoms with Crippen LogP contribution in [0.2, 0.25) is 5.02 Å². The second-order valence-electron chi connectivity index (χ2n) is 8.58. The molecule has 2 aromatic heterocycles. The first-order valence-corrected chi connectivity index (χ1v) is 11.7. The van der Waals surface area contributed by atoms with Gasteiger partial charge in [-0.15, -0.1) is 0 Å². The second kappa shape index (κ2) is 9.31. The molecule has 1 aliphatic rings. The maximum atomic E-state index is 12.6. The molecule has 7 heteroatoms. The van der Waals surface area contributed by atoms with Gasteiger partial charge in [0.25, 0.3) is 0 Å². The molecule has 1 atom stereocenters. The largest absolute Gasteiger partial charge is 0.441 e. The zero-order valence-corrected chi connectivity index (χ0v) is 19.8. The minimum Gasteiger partial charge on any atom is -0.441 e. The average Bonchev–Trinajstić information content (AvgIpc) is 3.64. The number of ether oxygens (including phenoxy) is 1. The number of aromatic nitrogens is 3. The fourth-order valence-corrected chi connectivity index (χ4v) is 4.25. The number of anilines is 1. The summed E-state index contributed by atoms with van der Waals surface area (Å²) in [6, 6.07) is 19.8. The molecule has 0 bridgehead atoms. The molecule has 1 N–H and O–H groups in total. The zero-order valence-electron chi connectivity index (χ0n) is 19.0. The Kier molecular flexibility index (Phi) is 6.07. The van der Waals surface area contributed by atoms with Crippen molar-refractivity contribution >= 4 is 23.5 Å². The highest BCUT2D eigenvalue weighted by Crippen LogP contribution is 2.40. The molecule has 6 nitrogen and oxygen atoms in total. The monoisotopic (exact) mass is 472 g/mol. The van der Waals surface area contributed by atoms with Gasteiger partial charge in [0.05, 0.1) is 23.8 Å². The van der Waals surface area contributed by atoms with Gasteiger partial charge in [-0.3, -0.25) is 10.3 Å². The van der Waals surface area contributed by atoms with Gasteiger partial charge in [0.1, 0.15) is 11.9 Å². The lowest BCUT2D eigenvalue weighted by Crippen LogP contribution is -2.19. The van der Waals surface area contributed by atoms with E-state index in [9.17, 15) is 4.79 Å². The number of halogens is 1. The Morgan fingerprint density at radius 2 is 1.85 bits per heavy atom. The Morgan fingerprint density at radius 3 is 2.53 bits per heavy atom. The van der Waals surface area contributed by atoms with Crippen molar-refractivity contribution in [3.8, 4) is 16.9 Å². The molecule has 1 fully saturated rings. The highest BCUT2D eigenvalue weighted by atomic mass is 35.5. The summed E-state index contributed by atoms with van der Waals surface area (Å²) in [5.41, 5.74) is 5.65. The molecule has 172 valence electrons. The Bertz CT molecular complexity index is 1310. The highest BCUT2D eigenvalue weighted by Gasteiger charge is 2.23. The summed E-state index contributed by atoms with van der Waals surface area (Å²) in [6.07, 6.45) is 4.93. The van der Waals surface area contributed by atoms with Gasteiger partial charge in [-0.1, -0.05) is 54.1 Å². The number of aryl methyl sites for hydroxylation is 1. The van der Waals surface area contributed by atoms with Crippen LogP contribution in [0.5, 0.6) is 0 Å². The van der Waals surface area contributed by atoms with E-state index in [0.717, 1.165) is 34.0 Å². The number of carbonyl (C=O) groups excluding carboxylic acids is 1. The van der Waals surface area contributed by atoms with E-state index in [1.165, 1.54) is 18.4 Å². The number of hydrogen-bond acceptors (Lipinski definition) is 4. The summed E-state index contributed by atoms with van der Waals surface area (Å²) < 4.78 is 7.20. The molecule has 5 rings (SSSR count). The molecule has 0 spiro atoms. The Morgan fingerprint density at radius 1 is 1.09 bits per heavy atom. The Balaban J connectivity index is 1.30. The van der Waals surface area contributed by atoms with Crippen LogP contribution in [0.3, 0.4) is 0 Å². The van der Waals surface area contributed by atoms with Crippen LogP contribution < -0.4 is 5.32 Å². The van der Waals surface area contributed by atoms with Gasteiger partial charge in [-0.25, -0.2) is 9.48 Å². The van der Waals surface area contributed by atoms with Gasteiger partial charge in [0.2, 0.25) is 0 Å². The molecule has 0 aliphatic heterocycles. The van der Waals surface area contributed by atoms with Crippen molar-refractivity contribution in [2.75, 3.05) is 5.32 Å². The Hall–Kier alpha value is -3.64. The van der Waals surface area contributed by atoms with Crippen LogP contribution in [0.25, 0.3) is 16.9 Å². The van der Waals surface area contributed by atoms with Crippen LogP contribution in [0, 0.1) is 6.92 Å². The summed E-state index contributed by atoms with van der Waals surface area (Å²) in [6.45, 7) is 3.66.